The zero-order chi connectivity index (χ0) is 26.1. The number of hydrogen-bond donors (Lipinski definition) is 1. The van der Waals surface area contributed by atoms with Crippen molar-refractivity contribution in [3.05, 3.63) is 65.4 Å². The van der Waals surface area contributed by atoms with Gasteiger partial charge in [-0.3, -0.25) is 9.59 Å². The molecule has 0 radical (unpaired) electrons. The number of aromatic nitrogens is 1. The zero-order valence-corrected chi connectivity index (χ0v) is 22.2. The molecule has 0 saturated carbocycles. The summed E-state index contributed by atoms with van der Waals surface area (Å²) >= 11 is 0. The molecule has 1 N–H and O–H groups in total. The highest BCUT2D eigenvalue weighted by Gasteiger charge is 2.25. The highest BCUT2D eigenvalue weighted by molar-refractivity contribution is 5.96. The lowest BCUT2D eigenvalue weighted by atomic mass is 9.89. The van der Waals surface area contributed by atoms with E-state index in [-0.39, 0.29) is 18.4 Å². The first-order chi connectivity index (χ1) is 17.8. The fourth-order valence-corrected chi connectivity index (χ4v) is 5.36. The first-order valence-electron chi connectivity index (χ1n) is 13.1. The number of benzene rings is 2. The van der Waals surface area contributed by atoms with Crippen molar-refractivity contribution in [1.29, 1.82) is 0 Å². The lowest BCUT2D eigenvalue weighted by Crippen LogP contribution is -2.29. The second kappa shape index (κ2) is 10.4. The topological polar surface area (TPSA) is 66.8 Å². The van der Waals surface area contributed by atoms with E-state index in [4.69, 9.17) is 4.74 Å². The van der Waals surface area contributed by atoms with E-state index >= 15 is 0 Å². The highest BCUT2D eigenvalue weighted by Crippen LogP contribution is 2.38. The van der Waals surface area contributed by atoms with Crippen LogP contribution < -0.4 is 10.1 Å². The molecule has 1 aliphatic heterocycles. The highest BCUT2D eigenvalue weighted by atomic mass is 16.5. The Bertz CT molecular complexity index is 1310. The number of hydrogen-bond acceptors (Lipinski definition) is 4. The van der Waals surface area contributed by atoms with E-state index in [1.165, 1.54) is 11.3 Å². The lowest BCUT2D eigenvalue weighted by molar-refractivity contribution is -0.118. The van der Waals surface area contributed by atoms with Gasteiger partial charge in [-0.25, -0.2) is 0 Å². The SMILES string of the molecule is CC1CCc2c(cc(-c3ccc4c(c3)NC(=O)CO4)n2-c2ccc(C(=O)N(C)CCCN(C)C)cc2)C1. The normalized spacial score (nSPS) is 16.6. The van der Waals surface area contributed by atoms with Gasteiger partial charge in [-0.1, -0.05) is 6.92 Å². The van der Waals surface area contributed by atoms with Crippen molar-refractivity contribution < 1.29 is 14.3 Å². The number of nitrogens with one attached hydrogen (secondary N) is 1. The van der Waals surface area contributed by atoms with Gasteiger partial charge < -0.3 is 24.4 Å². The maximum absolute atomic E-state index is 13.0. The van der Waals surface area contributed by atoms with Crippen LogP contribution in [-0.2, 0) is 17.6 Å². The van der Waals surface area contributed by atoms with Gasteiger partial charge in [0, 0.05) is 36.1 Å². The Morgan fingerprint density at radius 1 is 1.08 bits per heavy atom. The summed E-state index contributed by atoms with van der Waals surface area (Å²) in [5.74, 6) is 1.24. The van der Waals surface area contributed by atoms with Crippen molar-refractivity contribution in [2.24, 2.45) is 5.92 Å². The number of fused-ring (bicyclic) bond motifs is 2. The molecule has 194 valence electrons. The fraction of sp³-hybridized carbons (Fsp3) is 0.400. The molecule has 1 aliphatic carbocycles. The first kappa shape index (κ1) is 25.1. The van der Waals surface area contributed by atoms with Crippen LogP contribution in [0.3, 0.4) is 0 Å². The lowest BCUT2D eigenvalue weighted by Gasteiger charge is -2.22. The summed E-state index contributed by atoms with van der Waals surface area (Å²) in [7, 11) is 5.96. The second-order valence-corrected chi connectivity index (χ2v) is 10.7. The Labute approximate surface area is 219 Å². The molecule has 2 heterocycles. The van der Waals surface area contributed by atoms with E-state index in [9.17, 15) is 9.59 Å². The Balaban J connectivity index is 1.47. The Morgan fingerprint density at radius 2 is 1.86 bits per heavy atom. The number of anilines is 1. The monoisotopic (exact) mass is 500 g/mol. The standard InChI is InChI=1S/C30H36N4O3/c1-20-6-12-26-23(16-20)18-27(22-9-13-28-25(17-22)31-29(35)19-37-28)34(26)24-10-7-21(8-11-24)30(36)33(4)15-5-14-32(2)3/h7-11,13,17-18,20H,5-6,12,14-16,19H2,1-4H3,(H,31,35). The third-order valence-electron chi connectivity index (χ3n) is 7.36. The van der Waals surface area contributed by atoms with Crippen molar-refractivity contribution in [2.45, 2.75) is 32.6 Å². The van der Waals surface area contributed by atoms with E-state index < -0.39 is 0 Å². The van der Waals surface area contributed by atoms with Crippen LogP contribution in [0.2, 0.25) is 0 Å². The van der Waals surface area contributed by atoms with Crippen molar-refractivity contribution >= 4 is 17.5 Å². The second-order valence-electron chi connectivity index (χ2n) is 10.7. The van der Waals surface area contributed by atoms with Gasteiger partial charge in [-0.2, -0.15) is 0 Å². The van der Waals surface area contributed by atoms with E-state index in [0.29, 0.717) is 22.9 Å². The Hall–Kier alpha value is -3.58. The van der Waals surface area contributed by atoms with E-state index in [1.54, 1.807) is 4.90 Å². The van der Waals surface area contributed by atoms with Gasteiger partial charge in [-0.05, 0) is 106 Å². The molecule has 0 saturated heterocycles. The molecule has 0 bridgehead atoms. The summed E-state index contributed by atoms with van der Waals surface area (Å²) in [6.07, 6.45) is 4.15. The predicted molar refractivity (Wildman–Crippen MR) is 147 cm³/mol. The number of carbonyl (C=O) groups excluding carboxylic acids is 2. The van der Waals surface area contributed by atoms with Crippen LogP contribution in [0, 0.1) is 5.92 Å². The minimum absolute atomic E-state index is 0.0410. The molecule has 1 atom stereocenters. The van der Waals surface area contributed by atoms with Crippen molar-refractivity contribution in [2.75, 3.05) is 46.2 Å². The van der Waals surface area contributed by atoms with Crippen molar-refractivity contribution in [1.82, 2.24) is 14.4 Å². The summed E-state index contributed by atoms with van der Waals surface area (Å²) in [6.45, 7) is 4.03. The van der Waals surface area contributed by atoms with Gasteiger partial charge in [-0.15, -0.1) is 0 Å². The minimum Gasteiger partial charge on any atom is -0.482 e. The largest absolute Gasteiger partial charge is 0.482 e. The number of rotatable bonds is 7. The molecular formula is C30H36N4O3. The van der Waals surface area contributed by atoms with Crippen LogP contribution in [0.1, 0.15) is 41.4 Å². The van der Waals surface area contributed by atoms with Crippen molar-refractivity contribution in [3.63, 3.8) is 0 Å². The quantitative estimate of drug-likeness (QED) is 0.514. The summed E-state index contributed by atoms with van der Waals surface area (Å²) in [6, 6.07) is 16.2. The maximum Gasteiger partial charge on any atom is 0.262 e. The average molecular weight is 501 g/mol. The molecule has 7 nitrogen and oxygen atoms in total. The maximum atomic E-state index is 13.0. The van der Waals surface area contributed by atoms with E-state index in [1.807, 2.05) is 57.5 Å². The summed E-state index contributed by atoms with van der Waals surface area (Å²) in [4.78, 5) is 28.8. The fourth-order valence-electron chi connectivity index (χ4n) is 5.36. The number of nitrogens with zero attached hydrogens (tertiary/aromatic N) is 3. The van der Waals surface area contributed by atoms with Gasteiger partial charge in [0.05, 0.1) is 11.4 Å². The van der Waals surface area contributed by atoms with Crippen LogP contribution in [0.25, 0.3) is 16.9 Å². The number of carbonyl (C=O) groups is 2. The van der Waals surface area contributed by atoms with Crippen molar-refractivity contribution in [3.8, 4) is 22.7 Å². The third-order valence-corrected chi connectivity index (χ3v) is 7.36. The predicted octanol–water partition coefficient (Wildman–Crippen LogP) is 4.62. The molecule has 2 aromatic carbocycles. The van der Waals surface area contributed by atoms with Crippen LogP contribution in [0.5, 0.6) is 5.75 Å². The van der Waals surface area contributed by atoms with Gasteiger partial charge in [0.2, 0.25) is 0 Å². The molecule has 37 heavy (non-hydrogen) atoms. The van der Waals surface area contributed by atoms with Gasteiger partial charge >= 0.3 is 0 Å². The third kappa shape index (κ3) is 5.27. The minimum atomic E-state index is -0.139. The number of amides is 2. The van der Waals surface area contributed by atoms with Crippen LogP contribution >= 0.6 is 0 Å². The summed E-state index contributed by atoms with van der Waals surface area (Å²) in [5.41, 5.74) is 7.23. The smallest absolute Gasteiger partial charge is 0.262 e. The molecule has 1 aromatic heterocycles. The summed E-state index contributed by atoms with van der Waals surface area (Å²) < 4.78 is 7.89. The zero-order valence-electron chi connectivity index (χ0n) is 22.2. The molecule has 3 aromatic rings. The van der Waals surface area contributed by atoms with Gasteiger partial charge in [0.15, 0.2) is 6.61 Å². The van der Waals surface area contributed by atoms with Crippen LogP contribution in [-0.4, -0.2) is 67.0 Å². The molecule has 7 heteroatoms. The molecule has 2 amide bonds. The van der Waals surface area contributed by atoms with Gasteiger partial charge in [0.25, 0.3) is 11.8 Å². The van der Waals surface area contributed by atoms with Crippen LogP contribution in [0.4, 0.5) is 5.69 Å². The van der Waals surface area contributed by atoms with E-state index in [2.05, 4.69) is 33.8 Å². The molecule has 1 unspecified atom stereocenters. The van der Waals surface area contributed by atoms with Crippen LogP contribution in [0.15, 0.2) is 48.5 Å². The van der Waals surface area contributed by atoms with E-state index in [0.717, 1.165) is 55.7 Å². The molecule has 0 spiro atoms. The Kier molecular flexibility index (Phi) is 7.07. The Morgan fingerprint density at radius 3 is 2.62 bits per heavy atom. The molecular weight excluding hydrogens is 464 g/mol. The molecule has 5 rings (SSSR count). The van der Waals surface area contributed by atoms with Gasteiger partial charge in [0.1, 0.15) is 5.75 Å². The molecule has 0 fully saturated rings. The number of ether oxygens (including phenoxy) is 1. The average Bonchev–Trinajstić information content (AvgIpc) is 3.26. The first-order valence-corrected chi connectivity index (χ1v) is 13.1. The summed E-state index contributed by atoms with van der Waals surface area (Å²) in [5, 5.41) is 2.93. The molecule has 2 aliphatic rings.